The minimum atomic E-state index is -0.152. The van der Waals surface area contributed by atoms with E-state index in [0.717, 1.165) is 47.1 Å². The van der Waals surface area contributed by atoms with Gasteiger partial charge in [-0.05, 0) is 25.0 Å². The van der Waals surface area contributed by atoms with Gasteiger partial charge in [0.1, 0.15) is 5.01 Å². The van der Waals surface area contributed by atoms with Crippen molar-refractivity contribution < 1.29 is 9.59 Å². The van der Waals surface area contributed by atoms with Crippen LogP contribution in [-0.2, 0) is 11.3 Å². The number of hydrogen-bond donors (Lipinski definition) is 1. The maximum Gasteiger partial charge on any atom is 0.252 e. The Morgan fingerprint density at radius 3 is 2.57 bits per heavy atom. The minimum absolute atomic E-state index is 0.142. The molecule has 0 spiro atoms. The Morgan fingerprint density at radius 2 is 1.77 bits per heavy atom. The van der Waals surface area contributed by atoms with Crippen LogP contribution >= 0.6 is 23.1 Å². The molecule has 2 aromatic carbocycles. The molecule has 1 saturated heterocycles. The minimum Gasteiger partial charge on any atom is -0.346 e. The summed E-state index contributed by atoms with van der Waals surface area (Å²) < 4.78 is 0. The second-order valence-corrected chi connectivity index (χ2v) is 8.94. The number of amides is 2. The Balaban J connectivity index is 1.36. The topological polar surface area (TPSA) is 62.3 Å². The van der Waals surface area contributed by atoms with Crippen molar-refractivity contribution in [1.82, 2.24) is 15.2 Å². The van der Waals surface area contributed by atoms with Gasteiger partial charge in [0.15, 0.2) is 0 Å². The molecule has 154 valence electrons. The van der Waals surface area contributed by atoms with E-state index in [4.69, 9.17) is 0 Å². The summed E-state index contributed by atoms with van der Waals surface area (Å²) in [5, 5.41) is 5.87. The third-order valence-electron chi connectivity index (χ3n) is 4.94. The number of rotatable bonds is 7. The zero-order valence-electron chi connectivity index (χ0n) is 16.5. The Morgan fingerprint density at radius 1 is 1.03 bits per heavy atom. The van der Waals surface area contributed by atoms with E-state index >= 15 is 0 Å². The molecule has 30 heavy (non-hydrogen) atoms. The van der Waals surface area contributed by atoms with Crippen molar-refractivity contribution in [2.45, 2.75) is 24.3 Å². The molecular formula is C23H23N3O2S2. The number of thiazole rings is 1. The van der Waals surface area contributed by atoms with Crippen LogP contribution in [-0.4, -0.2) is 40.5 Å². The van der Waals surface area contributed by atoms with Crippen LogP contribution in [0.25, 0.3) is 10.6 Å². The first kappa shape index (κ1) is 20.6. The molecule has 0 unspecified atom stereocenters. The summed E-state index contributed by atoms with van der Waals surface area (Å²) in [6.45, 7) is 2.06. The molecule has 3 aromatic rings. The lowest BCUT2D eigenvalue weighted by Crippen LogP contribution is -2.29. The SMILES string of the molecule is O=C(NCc1csc(-c2ccccc2)n1)c1ccccc1SCC(=O)N1CCCC1. The Bertz CT molecular complexity index is 1010. The summed E-state index contributed by atoms with van der Waals surface area (Å²) in [7, 11) is 0. The lowest BCUT2D eigenvalue weighted by atomic mass is 10.2. The molecule has 1 aliphatic rings. The average molecular weight is 438 g/mol. The third-order valence-corrected chi connectivity index (χ3v) is 6.94. The van der Waals surface area contributed by atoms with E-state index in [2.05, 4.69) is 10.3 Å². The van der Waals surface area contributed by atoms with Crippen LogP contribution in [0.15, 0.2) is 64.9 Å². The van der Waals surface area contributed by atoms with Crippen molar-refractivity contribution in [3.63, 3.8) is 0 Å². The second kappa shape index (κ2) is 9.91. The standard InChI is InChI=1S/C23H23N3O2S2/c27-21(26-12-6-7-13-26)16-29-20-11-5-4-10-19(20)22(28)24-14-18-15-30-23(25-18)17-8-2-1-3-9-17/h1-5,8-11,15H,6-7,12-14,16H2,(H,24,28). The summed E-state index contributed by atoms with van der Waals surface area (Å²) in [6.07, 6.45) is 2.16. The molecule has 0 bridgehead atoms. The van der Waals surface area contributed by atoms with Crippen molar-refractivity contribution in [3.8, 4) is 10.6 Å². The normalized spacial score (nSPS) is 13.4. The highest BCUT2D eigenvalue weighted by Crippen LogP contribution is 2.25. The summed E-state index contributed by atoms with van der Waals surface area (Å²) in [4.78, 5) is 32.4. The predicted molar refractivity (Wildman–Crippen MR) is 122 cm³/mol. The van der Waals surface area contributed by atoms with Gasteiger partial charge in [-0.2, -0.15) is 0 Å². The monoisotopic (exact) mass is 437 g/mol. The molecule has 1 fully saturated rings. The van der Waals surface area contributed by atoms with E-state index < -0.39 is 0 Å². The zero-order chi connectivity index (χ0) is 20.8. The van der Waals surface area contributed by atoms with Crippen LogP contribution in [0.1, 0.15) is 28.9 Å². The lowest BCUT2D eigenvalue weighted by molar-refractivity contribution is -0.127. The Hall–Kier alpha value is -2.64. The number of nitrogens with one attached hydrogen (secondary N) is 1. The first-order valence-electron chi connectivity index (χ1n) is 9.98. The van der Waals surface area contributed by atoms with Gasteiger partial charge in [-0.3, -0.25) is 9.59 Å². The van der Waals surface area contributed by atoms with E-state index in [1.807, 2.05) is 58.8 Å². The molecule has 2 amide bonds. The molecular weight excluding hydrogens is 414 g/mol. The lowest BCUT2D eigenvalue weighted by Gasteiger charge is -2.15. The van der Waals surface area contributed by atoms with E-state index in [1.165, 1.54) is 11.8 Å². The molecule has 0 aliphatic carbocycles. The van der Waals surface area contributed by atoms with Gasteiger partial charge in [-0.15, -0.1) is 23.1 Å². The van der Waals surface area contributed by atoms with Crippen molar-refractivity contribution in [2.75, 3.05) is 18.8 Å². The first-order chi connectivity index (χ1) is 14.7. The van der Waals surface area contributed by atoms with Crippen LogP contribution in [0.5, 0.6) is 0 Å². The molecule has 0 saturated carbocycles. The highest BCUT2D eigenvalue weighted by atomic mass is 32.2. The molecule has 0 atom stereocenters. The number of hydrogen-bond acceptors (Lipinski definition) is 5. The quantitative estimate of drug-likeness (QED) is 0.555. The Kier molecular flexibility index (Phi) is 6.81. The van der Waals surface area contributed by atoms with E-state index in [9.17, 15) is 9.59 Å². The zero-order valence-corrected chi connectivity index (χ0v) is 18.2. The van der Waals surface area contributed by atoms with E-state index in [0.29, 0.717) is 17.9 Å². The predicted octanol–water partition coefficient (Wildman–Crippen LogP) is 4.45. The molecule has 0 radical (unpaired) electrons. The summed E-state index contributed by atoms with van der Waals surface area (Å²) >= 11 is 3.00. The molecule has 1 N–H and O–H groups in total. The summed E-state index contributed by atoms with van der Waals surface area (Å²) in [5.74, 6) is 0.348. The van der Waals surface area contributed by atoms with Gasteiger partial charge in [-0.1, -0.05) is 42.5 Å². The van der Waals surface area contributed by atoms with Crippen molar-refractivity contribution in [3.05, 3.63) is 71.2 Å². The second-order valence-electron chi connectivity index (χ2n) is 7.07. The molecule has 1 aliphatic heterocycles. The van der Waals surface area contributed by atoms with Crippen LogP contribution in [0.2, 0.25) is 0 Å². The van der Waals surface area contributed by atoms with Gasteiger partial charge in [0, 0.05) is 28.9 Å². The van der Waals surface area contributed by atoms with Crippen molar-refractivity contribution >= 4 is 34.9 Å². The molecule has 5 nitrogen and oxygen atoms in total. The first-order valence-corrected chi connectivity index (χ1v) is 11.8. The van der Waals surface area contributed by atoms with Crippen molar-refractivity contribution in [2.24, 2.45) is 0 Å². The van der Waals surface area contributed by atoms with E-state index in [-0.39, 0.29) is 11.8 Å². The number of nitrogens with zero attached hydrogens (tertiary/aromatic N) is 2. The highest BCUT2D eigenvalue weighted by molar-refractivity contribution is 8.00. The number of carbonyl (C=O) groups excluding carboxylic acids is 2. The van der Waals surface area contributed by atoms with E-state index in [1.54, 1.807) is 17.4 Å². The van der Waals surface area contributed by atoms with Gasteiger partial charge in [-0.25, -0.2) is 4.98 Å². The van der Waals surface area contributed by atoms with Gasteiger partial charge in [0.2, 0.25) is 5.91 Å². The number of likely N-dealkylation sites (tertiary alicyclic amines) is 1. The van der Waals surface area contributed by atoms with Gasteiger partial charge in [0.05, 0.1) is 23.6 Å². The van der Waals surface area contributed by atoms with Gasteiger partial charge >= 0.3 is 0 Å². The fraction of sp³-hybridized carbons (Fsp3) is 0.261. The van der Waals surface area contributed by atoms with Gasteiger partial charge in [0.25, 0.3) is 5.91 Å². The number of aromatic nitrogens is 1. The average Bonchev–Trinajstić information content (AvgIpc) is 3.49. The number of carbonyl (C=O) groups is 2. The third kappa shape index (κ3) is 5.09. The van der Waals surface area contributed by atoms with Crippen LogP contribution in [0, 0.1) is 0 Å². The number of thioether (sulfide) groups is 1. The number of benzene rings is 2. The van der Waals surface area contributed by atoms with Crippen molar-refractivity contribution in [1.29, 1.82) is 0 Å². The molecule has 1 aromatic heterocycles. The largest absolute Gasteiger partial charge is 0.346 e. The Labute approximate surface area is 184 Å². The molecule has 7 heteroatoms. The molecule has 2 heterocycles. The maximum atomic E-state index is 12.8. The van der Waals surface area contributed by atoms with Crippen LogP contribution in [0.4, 0.5) is 0 Å². The molecule has 4 rings (SSSR count). The summed E-state index contributed by atoms with van der Waals surface area (Å²) in [5.41, 5.74) is 2.50. The fourth-order valence-corrected chi connectivity index (χ4v) is 5.12. The highest BCUT2D eigenvalue weighted by Gasteiger charge is 2.19. The van der Waals surface area contributed by atoms with Gasteiger partial charge < -0.3 is 10.2 Å². The maximum absolute atomic E-state index is 12.8. The van der Waals surface area contributed by atoms with Crippen LogP contribution in [0.3, 0.4) is 0 Å². The summed E-state index contributed by atoms with van der Waals surface area (Å²) in [6, 6.07) is 17.4. The smallest absolute Gasteiger partial charge is 0.252 e. The van der Waals surface area contributed by atoms with Crippen LogP contribution < -0.4 is 5.32 Å². The fourth-order valence-electron chi connectivity index (χ4n) is 3.34.